The van der Waals surface area contributed by atoms with Gasteiger partial charge in [-0.05, 0) is 185 Å². The Labute approximate surface area is 481 Å². The molecule has 0 fully saturated rings. The van der Waals surface area contributed by atoms with Gasteiger partial charge < -0.3 is 0 Å². The minimum Gasteiger partial charge on any atom is -0.296 e. The van der Waals surface area contributed by atoms with Crippen LogP contribution in [-0.2, 0) is 26.5 Å². The summed E-state index contributed by atoms with van der Waals surface area (Å²) >= 11 is 4.43. The van der Waals surface area contributed by atoms with Crippen molar-refractivity contribution in [2.75, 3.05) is 0 Å². The average molecular weight is 1290 g/mol. The molecule has 0 amide bonds. The van der Waals surface area contributed by atoms with Gasteiger partial charge in [0.05, 0.1) is 70.6 Å². The van der Waals surface area contributed by atoms with Crippen LogP contribution in [0.2, 0.25) is 0 Å². The lowest BCUT2D eigenvalue weighted by Crippen LogP contribution is -2.12. The molecule has 0 saturated heterocycles. The molecule has 0 spiro atoms. The van der Waals surface area contributed by atoms with E-state index in [0.29, 0.717) is 27.0 Å². The summed E-state index contributed by atoms with van der Waals surface area (Å²) in [6.07, 6.45) is 0.949. The van der Waals surface area contributed by atoms with Gasteiger partial charge in [0.15, 0.2) is 0 Å². The first kappa shape index (κ1) is 49.2. The van der Waals surface area contributed by atoms with Gasteiger partial charge in [-0.2, -0.15) is 0 Å². The number of hydrogen-bond donors (Lipinski definition) is 0. The van der Waals surface area contributed by atoms with Crippen LogP contribution in [0.4, 0.5) is 0 Å². The molecule has 15 heteroatoms. The van der Waals surface area contributed by atoms with Gasteiger partial charge in [0.2, 0.25) is 5.78 Å². The predicted octanol–water partition coefficient (Wildman–Crippen LogP) is 15.3. The molecule has 5 aromatic heterocycles. The Kier molecular flexibility index (Phi) is 11.9. The summed E-state index contributed by atoms with van der Waals surface area (Å²) in [6, 6.07) is 74.2. The van der Waals surface area contributed by atoms with Crippen molar-refractivity contribution in [3.63, 3.8) is 0 Å². The quantitative estimate of drug-likeness (QED) is 0.158. The summed E-state index contributed by atoms with van der Waals surface area (Å²) in [5, 5.41) is 3.64. The maximum Gasteiger partial charge on any atom is 0.268 e. The zero-order chi connectivity index (χ0) is 53.7. The van der Waals surface area contributed by atoms with Gasteiger partial charge in [0.1, 0.15) is 5.82 Å². The van der Waals surface area contributed by atoms with Gasteiger partial charge in [-0.3, -0.25) is 13.5 Å². The number of hydrogen-bond acceptors (Lipinski definition) is 6. The predicted molar refractivity (Wildman–Crippen MR) is 334 cm³/mol. The Morgan fingerprint density at radius 3 is 1.54 bits per heavy atom. The van der Waals surface area contributed by atoms with Crippen molar-refractivity contribution in [3.05, 3.63) is 255 Å². The van der Waals surface area contributed by atoms with E-state index in [0.717, 1.165) is 85.5 Å². The van der Waals surface area contributed by atoms with Crippen molar-refractivity contribution < 1.29 is 16.8 Å². The summed E-state index contributed by atoms with van der Waals surface area (Å²) in [7, 11) is -7.49. The van der Waals surface area contributed by atoms with Crippen molar-refractivity contribution in [2.45, 2.75) is 23.1 Å². The van der Waals surface area contributed by atoms with Crippen LogP contribution < -0.4 is 0 Å². The highest BCUT2D eigenvalue weighted by atomic mass is 127. The molecule has 10 aromatic carbocycles. The third-order valence-corrected chi connectivity index (χ3v) is 19.6. The van der Waals surface area contributed by atoms with E-state index < -0.39 is 20.0 Å². The first-order chi connectivity index (χ1) is 38.4. The highest BCUT2D eigenvalue weighted by Crippen LogP contribution is 2.38. The van der Waals surface area contributed by atoms with E-state index in [1.165, 1.54) is 24.7 Å². The monoisotopic (exact) mass is 1290 g/mol. The molecule has 1 aliphatic rings. The Hall–Kier alpha value is -8.10. The number of aromatic nitrogens is 7. The molecule has 0 N–H and O–H groups in total. The van der Waals surface area contributed by atoms with Crippen LogP contribution in [0, 0.1) is 14.1 Å². The van der Waals surface area contributed by atoms with Crippen LogP contribution in [0.3, 0.4) is 0 Å². The molecule has 15 aromatic rings. The fraction of sp³-hybridized carbons (Fsp3) is 0.0312. The van der Waals surface area contributed by atoms with Crippen LogP contribution in [0.25, 0.3) is 93.9 Å². The van der Waals surface area contributed by atoms with E-state index in [1.807, 2.05) is 146 Å². The van der Waals surface area contributed by atoms with Crippen LogP contribution in [0.15, 0.2) is 240 Å². The summed E-state index contributed by atoms with van der Waals surface area (Å²) in [4.78, 5) is 10.2. The topological polar surface area (TPSA) is 118 Å². The van der Waals surface area contributed by atoms with Gasteiger partial charge in [0.25, 0.3) is 20.0 Å². The number of rotatable bonds is 5. The zero-order valence-electron chi connectivity index (χ0n) is 42.0. The third-order valence-electron chi connectivity index (χ3n) is 14.7. The number of benzene rings is 10. The van der Waals surface area contributed by atoms with Crippen molar-refractivity contribution in [2.24, 2.45) is 0 Å². The van der Waals surface area contributed by atoms with E-state index in [4.69, 9.17) is 4.98 Å². The van der Waals surface area contributed by atoms with E-state index in [-0.39, 0.29) is 4.90 Å². The SMILES string of the molecule is Cc1ccc(S(=O)(=O)n2c3ccccc3c3cc(I)ccc32)cc1.O=S(=O)(c1ccc(I)cc1)n1c2ccccc2c2cc(-n3c4ccccc4n4c5ccccc5nc34)ccc21.c1ccc2c(c1)Cc1nc3ccccc3n1-2. The number of nitrogens with zero attached hydrogens (tertiary/aromatic N) is 7. The molecule has 79 heavy (non-hydrogen) atoms. The van der Waals surface area contributed by atoms with Crippen LogP contribution in [0.5, 0.6) is 0 Å². The molecule has 1 aliphatic heterocycles. The summed E-state index contributed by atoms with van der Waals surface area (Å²) < 4.78 is 66.0. The molecule has 0 bridgehead atoms. The number of aryl methyl sites for hydroxylation is 1. The third kappa shape index (κ3) is 8.06. The smallest absolute Gasteiger partial charge is 0.268 e. The van der Waals surface area contributed by atoms with Crippen molar-refractivity contribution in [1.82, 2.24) is 31.4 Å². The molecule has 0 saturated carbocycles. The van der Waals surface area contributed by atoms with Gasteiger partial charge in [-0.1, -0.05) is 109 Å². The van der Waals surface area contributed by atoms with E-state index >= 15 is 0 Å². The van der Waals surface area contributed by atoms with Crippen LogP contribution in [-0.4, -0.2) is 48.3 Å². The molecular formula is C64H43I2N7O4S2. The summed E-state index contributed by atoms with van der Waals surface area (Å²) in [5.41, 5.74) is 13.7. The number of imidazole rings is 3. The second-order valence-corrected chi connectivity index (χ2v) is 25.5. The normalized spacial score (nSPS) is 12.4. The minimum atomic E-state index is -3.83. The summed E-state index contributed by atoms with van der Waals surface area (Å²) in [5.74, 6) is 1.97. The maximum absolute atomic E-state index is 13.9. The standard InChI is InChI=1S/C31H19IN4O2S.C19H14INO2S.C14H10N2/c32-20-13-16-22(17-14-20)39(37,38)36-26-9-3-1-7-23(26)24-19-21(15-18-27(24)36)34-29-11-5-6-12-30(29)35-28-10-4-2-8-25(28)33-31(34)35;1-13-6-9-15(10-7-13)24(22,23)21-18-5-3-2-4-16(18)17-12-14(20)8-11-19(17)21;1-3-7-12-10(5-1)9-14-15-11-6-2-4-8-13(11)16(12)14/h1-19H;2-12H,1H3;1-8H,9H2. The molecular weight excluding hydrogens is 1250 g/mol. The molecule has 16 rings (SSSR count). The Balaban J connectivity index is 0.000000119. The van der Waals surface area contributed by atoms with Gasteiger partial charge in [0, 0.05) is 40.8 Å². The van der Waals surface area contributed by atoms with Crippen molar-refractivity contribution >= 4 is 148 Å². The van der Waals surface area contributed by atoms with Gasteiger partial charge in [-0.15, -0.1) is 0 Å². The number of para-hydroxylation sites is 9. The van der Waals surface area contributed by atoms with E-state index in [9.17, 15) is 16.8 Å². The fourth-order valence-corrected chi connectivity index (χ4v) is 15.0. The second-order valence-electron chi connectivity index (χ2n) is 19.4. The van der Waals surface area contributed by atoms with Gasteiger partial charge in [-0.25, -0.2) is 34.7 Å². The highest BCUT2D eigenvalue weighted by molar-refractivity contribution is 14.1. The lowest BCUT2D eigenvalue weighted by molar-refractivity contribution is 0.588. The number of halogens is 2. The van der Waals surface area contributed by atoms with Crippen molar-refractivity contribution in [1.29, 1.82) is 0 Å². The maximum atomic E-state index is 13.9. The Morgan fingerprint density at radius 1 is 0.405 bits per heavy atom. The average Bonchev–Trinajstić information content (AvgIpc) is 4.38. The lowest BCUT2D eigenvalue weighted by atomic mass is 10.1. The Morgan fingerprint density at radius 2 is 0.886 bits per heavy atom. The molecule has 11 nitrogen and oxygen atoms in total. The minimum absolute atomic E-state index is 0.261. The lowest BCUT2D eigenvalue weighted by Gasteiger charge is -2.10. The molecule has 0 aliphatic carbocycles. The fourth-order valence-electron chi connectivity index (χ4n) is 11.1. The second kappa shape index (κ2) is 19.1. The molecule has 384 valence electrons. The van der Waals surface area contributed by atoms with Crippen LogP contribution >= 0.6 is 45.2 Å². The molecule has 0 atom stereocenters. The van der Waals surface area contributed by atoms with E-state index in [1.54, 1.807) is 24.3 Å². The van der Waals surface area contributed by atoms with Gasteiger partial charge >= 0.3 is 0 Å². The zero-order valence-corrected chi connectivity index (χ0v) is 47.9. The van der Waals surface area contributed by atoms with Crippen LogP contribution in [0.1, 0.15) is 17.0 Å². The van der Waals surface area contributed by atoms with Crippen molar-refractivity contribution in [3.8, 4) is 11.4 Å². The Bertz CT molecular complexity index is 5190. The highest BCUT2D eigenvalue weighted by Gasteiger charge is 2.27. The molecule has 0 unspecified atom stereocenters. The van der Waals surface area contributed by atoms with E-state index in [2.05, 4.69) is 130 Å². The first-order valence-corrected chi connectivity index (χ1v) is 30.4. The molecule has 6 heterocycles. The number of fused-ring (bicyclic) bond motifs is 16. The molecule has 0 radical (unpaired) electrons. The largest absolute Gasteiger partial charge is 0.296 e. The summed E-state index contributed by atoms with van der Waals surface area (Å²) in [6.45, 7) is 1.94. The first-order valence-electron chi connectivity index (χ1n) is 25.4.